The average molecular weight is 577 g/mol. The smallest absolute Gasteiger partial charge is 0.123 e. The Morgan fingerprint density at radius 1 is 0.744 bits per heavy atom. The molecule has 43 heavy (non-hydrogen) atoms. The Bertz CT molecular complexity index is 1670. The maximum atomic E-state index is 13.9. The Balaban J connectivity index is 1.17. The van der Waals surface area contributed by atoms with Crippen LogP contribution in [0, 0.1) is 11.6 Å². The van der Waals surface area contributed by atoms with Crippen molar-refractivity contribution >= 4 is 5.69 Å². The number of halogens is 2. The van der Waals surface area contributed by atoms with E-state index in [2.05, 4.69) is 44.0 Å². The SMILES string of the molecule is COc1ccc(N(Cc2ccnc(-c3cccc(F)c3)c2)C2CCN(Cc3ccnc(-c4cccc(F)c4)c3)CC2)cc1. The molecule has 0 N–H and O–H groups in total. The quantitative estimate of drug-likeness (QED) is 0.179. The standard InChI is InChI=1S/C36H34F2N4O/c1-43-34-10-8-32(9-11-34)42(25-27-13-17-40-36(21-27)29-5-3-7-31(38)23-29)33-14-18-41(19-15-33)24-26-12-16-39-35(20-26)28-4-2-6-30(37)22-28/h2-13,16-17,20-23,33H,14-15,18-19,24-25H2,1H3. The molecule has 0 bridgehead atoms. The van der Waals surface area contributed by atoms with E-state index in [1.54, 1.807) is 31.6 Å². The molecule has 3 heterocycles. The molecule has 0 atom stereocenters. The second kappa shape index (κ2) is 13.1. The third-order valence-electron chi connectivity index (χ3n) is 8.05. The van der Waals surface area contributed by atoms with Crippen molar-refractivity contribution in [2.24, 2.45) is 0 Å². The molecule has 1 saturated heterocycles. The molecule has 0 radical (unpaired) electrons. The van der Waals surface area contributed by atoms with E-state index in [0.29, 0.717) is 12.6 Å². The highest BCUT2D eigenvalue weighted by Gasteiger charge is 2.26. The van der Waals surface area contributed by atoms with Gasteiger partial charge in [0, 0.05) is 61.4 Å². The number of aromatic nitrogens is 2. The molecular weight excluding hydrogens is 542 g/mol. The van der Waals surface area contributed by atoms with Crippen molar-refractivity contribution in [3.8, 4) is 28.3 Å². The van der Waals surface area contributed by atoms with Crippen molar-refractivity contribution in [1.82, 2.24) is 14.9 Å². The summed E-state index contributed by atoms with van der Waals surface area (Å²) in [6.45, 7) is 3.45. The second-order valence-corrected chi connectivity index (χ2v) is 11.0. The van der Waals surface area contributed by atoms with Crippen molar-refractivity contribution in [2.45, 2.75) is 32.0 Å². The molecule has 0 amide bonds. The van der Waals surface area contributed by atoms with E-state index >= 15 is 0 Å². The summed E-state index contributed by atoms with van der Waals surface area (Å²) in [6, 6.07) is 29.9. The molecule has 0 unspecified atom stereocenters. The first-order chi connectivity index (χ1) is 21.0. The van der Waals surface area contributed by atoms with Crippen LogP contribution in [-0.2, 0) is 13.1 Å². The van der Waals surface area contributed by atoms with Gasteiger partial charge in [-0.15, -0.1) is 0 Å². The third-order valence-corrected chi connectivity index (χ3v) is 8.05. The number of pyridine rings is 2. The van der Waals surface area contributed by atoms with Crippen LogP contribution in [0.2, 0.25) is 0 Å². The van der Waals surface area contributed by atoms with E-state index in [0.717, 1.165) is 72.0 Å². The highest BCUT2D eigenvalue weighted by molar-refractivity contribution is 5.61. The normalized spacial score (nSPS) is 14.0. The highest BCUT2D eigenvalue weighted by Crippen LogP contribution is 2.29. The maximum absolute atomic E-state index is 13.9. The Kier molecular flexibility index (Phi) is 8.70. The lowest BCUT2D eigenvalue weighted by Crippen LogP contribution is -2.44. The van der Waals surface area contributed by atoms with Crippen molar-refractivity contribution in [3.05, 3.63) is 132 Å². The van der Waals surface area contributed by atoms with E-state index in [9.17, 15) is 8.78 Å². The van der Waals surface area contributed by atoms with Gasteiger partial charge in [0.2, 0.25) is 0 Å². The predicted molar refractivity (Wildman–Crippen MR) is 167 cm³/mol. The van der Waals surface area contributed by atoms with Gasteiger partial charge in [-0.3, -0.25) is 14.9 Å². The van der Waals surface area contributed by atoms with Crippen LogP contribution in [0.4, 0.5) is 14.5 Å². The predicted octanol–water partition coefficient (Wildman–Crippen LogP) is 7.77. The summed E-state index contributed by atoms with van der Waals surface area (Å²) < 4.78 is 33.1. The summed E-state index contributed by atoms with van der Waals surface area (Å²) in [5.41, 5.74) is 6.52. The summed E-state index contributed by atoms with van der Waals surface area (Å²) in [6.07, 6.45) is 5.63. The van der Waals surface area contributed by atoms with Crippen LogP contribution in [0.5, 0.6) is 5.75 Å². The van der Waals surface area contributed by atoms with Crippen LogP contribution in [0.25, 0.3) is 22.5 Å². The Labute approximate surface area is 251 Å². The lowest BCUT2D eigenvalue weighted by atomic mass is 10.00. The molecule has 0 saturated carbocycles. The number of benzene rings is 3. The van der Waals surface area contributed by atoms with Crippen molar-refractivity contribution in [3.63, 3.8) is 0 Å². The van der Waals surface area contributed by atoms with Crippen LogP contribution < -0.4 is 9.64 Å². The van der Waals surface area contributed by atoms with E-state index in [1.807, 2.05) is 36.4 Å². The van der Waals surface area contributed by atoms with Crippen LogP contribution in [-0.4, -0.2) is 41.1 Å². The molecule has 6 rings (SSSR count). The molecule has 7 heteroatoms. The largest absolute Gasteiger partial charge is 0.497 e. The third kappa shape index (κ3) is 7.07. The Hall–Kier alpha value is -4.62. The van der Waals surface area contributed by atoms with Gasteiger partial charge in [-0.25, -0.2) is 8.78 Å². The highest BCUT2D eigenvalue weighted by atomic mass is 19.1. The van der Waals surface area contributed by atoms with Gasteiger partial charge in [0.15, 0.2) is 0 Å². The zero-order chi connectivity index (χ0) is 29.6. The Morgan fingerprint density at radius 3 is 1.91 bits per heavy atom. The van der Waals surface area contributed by atoms with Gasteiger partial charge in [-0.05, 0) is 96.8 Å². The first-order valence-corrected chi connectivity index (χ1v) is 14.6. The zero-order valence-corrected chi connectivity index (χ0v) is 24.2. The van der Waals surface area contributed by atoms with Gasteiger partial charge in [-0.2, -0.15) is 0 Å². The minimum Gasteiger partial charge on any atom is -0.497 e. The van der Waals surface area contributed by atoms with Gasteiger partial charge in [-0.1, -0.05) is 24.3 Å². The van der Waals surface area contributed by atoms with Crippen molar-refractivity contribution in [1.29, 1.82) is 0 Å². The number of rotatable bonds is 9. The van der Waals surface area contributed by atoms with Gasteiger partial charge in [0.25, 0.3) is 0 Å². The van der Waals surface area contributed by atoms with Gasteiger partial charge < -0.3 is 9.64 Å². The molecule has 5 nitrogen and oxygen atoms in total. The lowest BCUT2D eigenvalue weighted by Gasteiger charge is -2.40. The average Bonchev–Trinajstić information content (AvgIpc) is 3.04. The first-order valence-electron chi connectivity index (χ1n) is 14.6. The molecule has 218 valence electrons. The zero-order valence-electron chi connectivity index (χ0n) is 24.2. The molecule has 2 aromatic heterocycles. The fourth-order valence-electron chi connectivity index (χ4n) is 5.81. The molecule has 0 aliphatic carbocycles. The van der Waals surface area contributed by atoms with Crippen LogP contribution in [0.1, 0.15) is 24.0 Å². The number of anilines is 1. The molecule has 1 aliphatic rings. The minimum atomic E-state index is -0.270. The number of likely N-dealkylation sites (tertiary alicyclic amines) is 1. The second-order valence-electron chi connectivity index (χ2n) is 11.0. The Morgan fingerprint density at radius 2 is 1.33 bits per heavy atom. The van der Waals surface area contributed by atoms with Gasteiger partial charge in [0.1, 0.15) is 17.4 Å². The number of nitrogens with zero attached hydrogens (tertiary/aromatic N) is 4. The van der Waals surface area contributed by atoms with Crippen LogP contribution in [0.15, 0.2) is 109 Å². The fourth-order valence-corrected chi connectivity index (χ4v) is 5.81. The van der Waals surface area contributed by atoms with Crippen molar-refractivity contribution < 1.29 is 13.5 Å². The number of piperidine rings is 1. The number of ether oxygens (including phenoxy) is 1. The monoisotopic (exact) mass is 576 g/mol. The number of hydrogen-bond acceptors (Lipinski definition) is 5. The molecule has 1 aliphatic heterocycles. The fraction of sp³-hybridized carbons (Fsp3) is 0.222. The van der Waals surface area contributed by atoms with Crippen LogP contribution >= 0.6 is 0 Å². The molecule has 3 aromatic carbocycles. The van der Waals surface area contributed by atoms with E-state index in [1.165, 1.54) is 29.8 Å². The van der Waals surface area contributed by atoms with Gasteiger partial charge in [0.05, 0.1) is 18.5 Å². The maximum Gasteiger partial charge on any atom is 0.123 e. The van der Waals surface area contributed by atoms with E-state index in [4.69, 9.17) is 4.74 Å². The molecular formula is C36H34F2N4O. The summed E-state index contributed by atoms with van der Waals surface area (Å²) in [4.78, 5) is 13.9. The molecule has 0 spiro atoms. The summed E-state index contributed by atoms with van der Waals surface area (Å²) in [7, 11) is 1.68. The van der Waals surface area contributed by atoms with Crippen molar-refractivity contribution in [2.75, 3.05) is 25.1 Å². The van der Waals surface area contributed by atoms with E-state index < -0.39 is 0 Å². The summed E-state index contributed by atoms with van der Waals surface area (Å²) >= 11 is 0. The summed E-state index contributed by atoms with van der Waals surface area (Å²) in [5.74, 6) is 0.296. The molecule has 5 aromatic rings. The first kappa shape index (κ1) is 28.5. The number of methoxy groups -OCH3 is 1. The lowest BCUT2D eigenvalue weighted by molar-refractivity contribution is 0.201. The minimum absolute atomic E-state index is 0.259. The topological polar surface area (TPSA) is 41.5 Å². The molecule has 1 fully saturated rings. The van der Waals surface area contributed by atoms with Crippen LogP contribution in [0.3, 0.4) is 0 Å². The number of hydrogen-bond donors (Lipinski definition) is 0. The van der Waals surface area contributed by atoms with E-state index in [-0.39, 0.29) is 11.6 Å². The van der Waals surface area contributed by atoms with Gasteiger partial charge >= 0.3 is 0 Å². The summed E-state index contributed by atoms with van der Waals surface area (Å²) in [5, 5.41) is 0.